The van der Waals surface area contributed by atoms with Gasteiger partial charge in [-0.15, -0.1) is 11.6 Å². The summed E-state index contributed by atoms with van der Waals surface area (Å²) >= 11 is 5.82. The molecule has 0 spiro atoms. The fourth-order valence-corrected chi connectivity index (χ4v) is 2.31. The van der Waals surface area contributed by atoms with E-state index in [0.29, 0.717) is 11.4 Å². The normalized spacial score (nSPS) is 16.9. The molecule has 0 aliphatic carbocycles. The van der Waals surface area contributed by atoms with Crippen molar-refractivity contribution in [3.63, 3.8) is 0 Å². The molecule has 0 amide bonds. The van der Waals surface area contributed by atoms with E-state index in [-0.39, 0.29) is 5.60 Å². The Bertz CT molecular complexity index is 465. The lowest BCUT2D eigenvalue weighted by molar-refractivity contribution is 0.105. The Hall–Kier alpha value is -1.40. The predicted molar refractivity (Wildman–Crippen MR) is 68.8 cm³/mol. The van der Waals surface area contributed by atoms with Crippen molar-refractivity contribution >= 4 is 17.3 Å². The molecular weight excluding hydrogens is 236 g/mol. The molecule has 0 bridgehead atoms. The van der Waals surface area contributed by atoms with Crippen LogP contribution in [-0.4, -0.2) is 24.6 Å². The first-order valence-electron chi connectivity index (χ1n) is 5.60. The smallest absolute Gasteiger partial charge is 0.144 e. The lowest BCUT2D eigenvalue weighted by Crippen LogP contribution is -2.47. The van der Waals surface area contributed by atoms with Gasteiger partial charge in [0.05, 0.1) is 23.9 Å². The molecule has 1 heterocycles. The van der Waals surface area contributed by atoms with Gasteiger partial charge in [0.15, 0.2) is 0 Å². The summed E-state index contributed by atoms with van der Waals surface area (Å²) in [6.07, 6.45) is 0. The summed E-state index contributed by atoms with van der Waals surface area (Å²) in [4.78, 5) is 2.20. The van der Waals surface area contributed by atoms with Gasteiger partial charge in [-0.25, -0.2) is 0 Å². The van der Waals surface area contributed by atoms with E-state index in [1.807, 2.05) is 26.0 Å². The van der Waals surface area contributed by atoms with Crippen LogP contribution in [0.25, 0.3) is 0 Å². The first kappa shape index (κ1) is 12.1. The first-order valence-corrected chi connectivity index (χ1v) is 6.13. The molecule has 0 saturated carbocycles. The molecule has 3 nitrogen and oxygen atoms in total. The number of nitrogens with zero attached hydrogens (tertiary/aromatic N) is 2. The van der Waals surface area contributed by atoms with Crippen LogP contribution in [0.4, 0.5) is 5.69 Å². The third-order valence-corrected chi connectivity index (χ3v) is 2.91. The number of hydrogen-bond acceptors (Lipinski definition) is 3. The van der Waals surface area contributed by atoms with Crippen LogP contribution in [0.2, 0.25) is 0 Å². The summed E-state index contributed by atoms with van der Waals surface area (Å²) in [6.45, 7) is 5.66. The molecule has 1 aromatic rings. The molecule has 0 unspecified atom stereocenters. The molecule has 0 saturated heterocycles. The van der Waals surface area contributed by atoms with E-state index in [9.17, 15) is 0 Å². The van der Waals surface area contributed by atoms with E-state index in [1.54, 1.807) is 6.07 Å². The quantitative estimate of drug-likeness (QED) is 0.758. The van der Waals surface area contributed by atoms with Gasteiger partial charge in [-0.05, 0) is 26.0 Å². The lowest BCUT2D eigenvalue weighted by Gasteiger charge is -2.40. The van der Waals surface area contributed by atoms with Crippen molar-refractivity contribution in [3.05, 3.63) is 23.8 Å². The highest BCUT2D eigenvalue weighted by atomic mass is 35.5. The maximum Gasteiger partial charge on any atom is 0.144 e. The van der Waals surface area contributed by atoms with Crippen LogP contribution >= 0.6 is 11.6 Å². The van der Waals surface area contributed by atoms with Crippen molar-refractivity contribution < 1.29 is 4.74 Å². The highest BCUT2D eigenvalue weighted by Gasteiger charge is 2.31. The van der Waals surface area contributed by atoms with Crippen molar-refractivity contribution in [3.8, 4) is 11.8 Å². The minimum atomic E-state index is -0.257. The lowest BCUT2D eigenvalue weighted by atomic mass is 10.0. The number of alkyl halides is 1. The number of ether oxygens (including phenoxy) is 1. The molecular formula is C13H15ClN2O. The van der Waals surface area contributed by atoms with E-state index in [0.717, 1.165) is 24.5 Å². The van der Waals surface area contributed by atoms with Gasteiger partial charge in [-0.1, -0.05) is 0 Å². The number of hydrogen-bond donors (Lipinski definition) is 0. The second-order valence-electron chi connectivity index (χ2n) is 4.77. The van der Waals surface area contributed by atoms with Crippen molar-refractivity contribution in [1.82, 2.24) is 0 Å². The summed E-state index contributed by atoms with van der Waals surface area (Å²) < 4.78 is 5.90. The molecule has 1 aromatic carbocycles. The zero-order valence-corrected chi connectivity index (χ0v) is 10.8. The second kappa shape index (κ2) is 4.46. The molecule has 1 aliphatic rings. The van der Waals surface area contributed by atoms with Gasteiger partial charge in [0.1, 0.15) is 11.4 Å². The van der Waals surface area contributed by atoms with Gasteiger partial charge in [0, 0.05) is 18.5 Å². The van der Waals surface area contributed by atoms with Gasteiger partial charge in [-0.3, -0.25) is 0 Å². The van der Waals surface area contributed by atoms with Crippen LogP contribution in [0.3, 0.4) is 0 Å². The second-order valence-corrected chi connectivity index (χ2v) is 5.14. The van der Waals surface area contributed by atoms with Gasteiger partial charge in [0.25, 0.3) is 0 Å². The zero-order valence-electron chi connectivity index (χ0n) is 10.0. The van der Waals surface area contributed by atoms with Gasteiger partial charge in [-0.2, -0.15) is 5.26 Å². The molecule has 17 heavy (non-hydrogen) atoms. The predicted octanol–water partition coefficient (Wildman–Crippen LogP) is 2.77. The molecule has 1 aliphatic heterocycles. The van der Waals surface area contributed by atoms with E-state index in [4.69, 9.17) is 21.6 Å². The Kier molecular flexibility index (Phi) is 3.17. The van der Waals surface area contributed by atoms with Crippen LogP contribution in [0.1, 0.15) is 19.4 Å². The molecule has 0 atom stereocenters. The number of benzene rings is 1. The van der Waals surface area contributed by atoms with Gasteiger partial charge in [0.2, 0.25) is 0 Å². The standard InChI is InChI=1S/C13H15ClN2O/c1-13(2)9-16(6-5-14)11-4-3-10(8-15)7-12(11)17-13/h3-4,7H,5-6,9H2,1-2H3. The van der Waals surface area contributed by atoms with Crippen molar-refractivity contribution in [2.45, 2.75) is 19.4 Å². The number of rotatable bonds is 2. The minimum Gasteiger partial charge on any atom is -0.484 e. The topological polar surface area (TPSA) is 36.3 Å². The molecule has 0 N–H and O–H groups in total. The molecule has 90 valence electrons. The summed E-state index contributed by atoms with van der Waals surface area (Å²) in [5.74, 6) is 1.35. The van der Waals surface area contributed by atoms with Crippen molar-refractivity contribution in [2.24, 2.45) is 0 Å². The first-order chi connectivity index (χ1) is 8.05. The van der Waals surface area contributed by atoms with Gasteiger partial charge >= 0.3 is 0 Å². The van der Waals surface area contributed by atoms with Crippen LogP contribution in [0.15, 0.2) is 18.2 Å². The number of halogens is 1. The molecule has 0 radical (unpaired) electrons. The summed E-state index contributed by atoms with van der Waals surface area (Å²) in [6, 6.07) is 7.65. The van der Waals surface area contributed by atoms with Gasteiger partial charge < -0.3 is 9.64 Å². The SMILES string of the molecule is CC1(C)CN(CCCl)c2ccc(C#N)cc2O1. The zero-order chi connectivity index (χ0) is 12.5. The number of fused-ring (bicyclic) bond motifs is 1. The van der Waals surface area contributed by atoms with Crippen LogP contribution in [0, 0.1) is 11.3 Å². The maximum atomic E-state index is 8.90. The summed E-state index contributed by atoms with van der Waals surface area (Å²) in [7, 11) is 0. The number of nitriles is 1. The maximum absolute atomic E-state index is 8.90. The van der Waals surface area contributed by atoms with Crippen molar-refractivity contribution in [1.29, 1.82) is 5.26 Å². The van der Waals surface area contributed by atoms with E-state index < -0.39 is 0 Å². The Morgan fingerprint density at radius 1 is 1.53 bits per heavy atom. The van der Waals surface area contributed by atoms with Crippen LogP contribution in [-0.2, 0) is 0 Å². The van der Waals surface area contributed by atoms with E-state index in [2.05, 4.69) is 11.0 Å². The Balaban J connectivity index is 2.41. The minimum absolute atomic E-state index is 0.257. The van der Waals surface area contributed by atoms with E-state index in [1.165, 1.54) is 0 Å². The largest absolute Gasteiger partial charge is 0.484 e. The summed E-state index contributed by atoms with van der Waals surface area (Å²) in [5, 5.41) is 8.90. The average molecular weight is 251 g/mol. The fraction of sp³-hybridized carbons (Fsp3) is 0.462. The van der Waals surface area contributed by atoms with E-state index >= 15 is 0 Å². The van der Waals surface area contributed by atoms with Crippen LogP contribution in [0.5, 0.6) is 5.75 Å². The fourth-order valence-electron chi connectivity index (χ4n) is 2.10. The Labute approximate surface area is 107 Å². The van der Waals surface area contributed by atoms with Crippen LogP contribution < -0.4 is 9.64 Å². The monoisotopic (exact) mass is 250 g/mol. The third kappa shape index (κ3) is 2.48. The third-order valence-electron chi connectivity index (χ3n) is 2.74. The van der Waals surface area contributed by atoms with Crippen molar-refractivity contribution in [2.75, 3.05) is 23.9 Å². The Morgan fingerprint density at radius 2 is 2.29 bits per heavy atom. The molecule has 0 aromatic heterocycles. The highest BCUT2D eigenvalue weighted by molar-refractivity contribution is 6.18. The highest BCUT2D eigenvalue weighted by Crippen LogP contribution is 2.37. The molecule has 4 heteroatoms. The number of anilines is 1. The Morgan fingerprint density at radius 3 is 2.94 bits per heavy atom. The summed E-state index contributed by atoms with van der Waals surface area (Å²) in [5.41, 5.74) is 1.38. The molecule has 2 rings (SSSR count). The average Bonchev–Trinajstić information content (AvgIpc) is 2.27. The molecule has 0 fully saturated rings.